The molecule has 4 aromatic rings. The SMILES string of the molecule is COc1ccc2cc(C(NCC3CC3)c3cccc(NC(=O)/C(=C/C(=N)C(F)(F)F)Nc4cccc(C#N)c4)c3)ccc2c1. The molecule has 0 heterocycles. The number of carbonyl (C=O) groups is 1. The molecule has 0 aromatic heterocycles. The van der Waals surface area contributed by atoms with E-state index >= 15 is 0 Å². The number of methoxy groups -OCH3 is 1. The summed E-state index contributed by atoms with van der Waals surface area (Å²) in [6, 6.07) is 26.9. The summed E-state index contributed by atoms with van der Waals surface area (Å²) in [6.45, 7) is 0.819. The summed E-state index contributed by atoms with van der Waals surface area (Å²) in [5.74, 6) is 0.496. The van der Waals surface area contributed by atoms with Crippen LogP contribution in [-0.2, 0) is 4.79 Å². The molecule has 1 saturated carbocycles. The van der Waals surface area contributed by atoms with Crippen LogP contribution in [0.15, 0.2) is 96.7 Å². The monoisotopic (exact) mass is 597 g/mol. The van der Waals surface area contributed by atoms with Crippen molar-refractivity contribution in [2.75, 3.05) is 24.3 Å². The minimum atomic E-state index is -4.95. The topological polar surface area (TPSA) is 110 Å². The van der Waals surface area contributed by atoms with Gasteiger partial charge in [-0.15, -0.1) is 0 Å². The van der Waals surface area contributed by atoms with Gasteiger partial charge in [-0.3, -0.25) is 10.2 Å². The van der Waals surface area contributed by atoms with Gasteiger partial charge in [-0.2, -0.15) is 18.4 Å². The summed E-state index contributed by atoms with van der Waals surface area (Å²) in [4.78, 5) is 13.3. The summed E-state index contributed by atoms with van der Waals surface area (Å²) >= 11 is 0. The summed E-state index contributed by atoms with van der Waals surface area (Å²) in [7, 11) is 1.63. The standard InChI is InChI=1S/C34H30F3N5O2/c1-44-29-13-12-23-15-26(11-10-24(23)17-29)32(40-20-21-8-9-21)25-5-3-7-28(16-25)42-33(43)30(18-31(39)34(35,36)37)41-27-6-2-4-22(14-27)19-38/h2-7,10-18,21,32,39-41H,8-9,20H2,1H3,(H,42,43)/b30-18-,39-31?. The van der Waals surface area contributed by atoms with Crippen molar-refractivity contribution in [3.63, 3.8) is 0 Å². The van der Waals surface area contributed by atoms with E-state index in [0.29, 0.717) is 17.7 Å². The molecule has 44 heavy (non-hydrogen) atoms. The van der Waals surface area contributed by atoms with E-state index in [0.717, 1.165) is 34.2 Å². The molecular formula is C34H30F3N5O2. The number of alkyl halides is 3. The van der Waals surface area contributed by atoms with Crippen LogP contribution in [0.4, 0.5) is 24.5 Å². The Labute approximate surface area is 252 Å². The highest BCUT2D eigenvalue weighted by Crippen LogP contribution is 2.32. The minimum absolute atomic E-state index is 0.209. The highest BCUT2D eigenvalue weighted by Gasteiger charge is 2.33. The Hall–Kier alpha value is -5.14. The molecule has 1 aliphatic carbocycles. The van der Waals surface area contributed by atoms with Crippen LogP contribution >= 0.6 is 0 Å². The molecule has 0 saturated heterocycles. The van der Waals surface area contributed by atoms with E-state index in [9.17, 15) is 23.2 Å². The Bertz CT molecular complexity index is 1770. The number of fused-ring (bicyclic) bond motifs is 1. The third-order valence-corrected chi connectivity index (χ3v) is 7.30. The van der Waals surface area contributed by atoms with Crippen molar-refractivity contribution in [3.8, 4) is 11.8 Å². The maximum Gasteiger partial charge on any atom is 0.432 e. The fourth-order valence-corrected chi connectivity index (χ4v) is 4.78. The first-order chi connectivity index (χ1) is 21.1. The Morgan fingerprint density at radius 3 is 2.36 bits per heavy atom. The van der Waals surface area contributed by atoms with Gasteiger partial charge < -0.3 is 20.7 Å². The number of hydrogen-bond donors (Lipinski definition) is 4. The number of hydrogen-bond acceptors (Lipinski definition) is 6. The molecule has 1 atom stereocenters. The largest absolute Gasteiger partial charge is 0.497 e. The molecule has 1 fully saturated rings. The van der Waals surface area contributed by atoms with Gasteiger partial charge in [0, 0.05) is 11.4 Å². The predicted octanol–water partition coefficient (Wildman–Crippen LogP) is 7.33. The zero-order valence-corrected chi connectivity index (χ0v) is 23.8. The third-order valence-electron chi connectivity index (χ3n) is 7.30. The Morgan fingerprint density at radius 2 is 1.66 bits per heavy atom. The van der Waals surface area contributed by atoms with Gasteiger partial charge in [0.05, 0.1) is 24.8 Å². The van der Waals surface area contributed by atoms with E-state index in [4.69, 9.17) is 10.1 Å². The van der Waals surface area contributed by atoms with Crippen LogP contribution in [0.25, 0.3) is 10.8 Å². The minimum Gasteiger partial charge on any atom is -0.497 e. The number of amides is 1. The van der Waals surface area contributed by atoms with Crippen LogP contribution in [0.5, 0.6) is 5.75 Å². The lowest BCUT2D eigenvalue weighted by molar-refractivity contribution is -0.112. The van der Waals surface area contributed by atoms with Gasteiger partial charge in [0.15, 0.2) is 0 Å². The molecule has 0 bridgehead atoms. The summed E-state index contributed by atoms with van der Waals surface area (Å²) in [5, 5.41) is 27.7. The lowest BCUT2D eigenvalue weighted by Crippen LogP contribution is -2.26. The fourth-order valence-electron chi connectivity index (χ4n) is 4.78. The van der Waals surface area contributed by atoms with Crippen LogP contribution in [-0.4, -0.2) is 31.4 Å². The predicted molar refractivity (Wildman–Crippen MR) is 165 cm³/mol. The van der Waals surface area contributed by atoms with E-state index in [1.807, 2.05) is 42.5 Å². The van der Waals surface area contributed by atoms with Crippen molar-refractivity contribution in [2.24, 2.45) is 5.92 Å². The van der Waals surface area contributed by atoms with E-state index in [-0.39, 0.29) is 17.3 Å². The highest BCUT2D eigenvalue weighted by atomic mass is 19.4. The van der Waals surface area contributed by atoms with Crippen LogP contribution < -0.4 is 20.7 Å². The van der Waals surface area contributed by atoms with Crippen LogP contribution in [0.3, 0.4) is 0 Å². The second kappa shape index (κ2) is 13.0. The van der Waals surface area contributed by atoms with Gasteiger partial charge in [-0.25, -0.2) is 0 Å². The maximum atomic E-state index is 13.3. The maximum absolute atomic E-state index is 13.3. The Balaban J connectivity index is 1.43. The number of nitrogens with one attached hydrogen (secondary N) is 4. The Kier molecular flexibility index (Phi) is 8.97. The second-order valence-electron chi connectivity index (χ2n) is 10.6. The van der Waals surface area contributed by atoms with Crippen molar-refractivity contribution in [1.82, 2.24) is 5.32 Å². The van der Waals surface area contributed by atoms with Crippen LogP contribution in [0.1, 0.15) is 35.6 Å². The summed E-state index contributed by atoms with van der Waals surface area (Å²) in [6.07, 6.45) is -2.19. The number of benzene rings is 4. The molecule has 10 heteroatoms. The number of halogens is 3. The molecule has 224 valence electrons. The molecule has 4 N–H and O–H groups in total. The van der Waals surface area contributed by atoms with Gasteiger partial charge in [0.2, 0.25) is 0 Å². The fraction of sp³-hybridized carbons (Fsp3) is 0.206. The molecular weight excluding hydrogens is 567 g/mol. The third kappa shape index (κ3) is 7.62. The first-order valence-corrected chi connectivity index (χ1v) is 14.0. The molecule has 4 aromatic carbocycles. The normalized spacial score (nSPS) is 14.0. The van der Waals surface area contributed by atoms with Gasteiger partial charge >= 0.3 is 6.18 Å². The van der Waals surface area contributed by atoms with Gasteiger partial charge in [-0.05, 0) is 102 Å². The van der Waals surface area contributed by atoms with Crippen LogP contribution in [0, 0.1) is 22.7 Å². The number of nitriles is 1. The Morgan fingerprint density at radius 1 is 0.977 bits per heavy atom. The first-order valence-electron chi connectivity index (χ1n) is 14.0. The van der Waals surface area contributed by atoms with Crippen molar-refractivity contribution in [1.29, 1.82) is 10.7 Å². The zero-order valence-electron chi connectivity index (χ0n) is 23.8. The lowest BCUT2D eigenvalue weighted by Gasteiger charge is -2.21. The number of nitrogens with zero attached hydrogens (tertiary/aromatic N) is 1. The van der Waals surface area contributed by atoms with E-state index in [1.165, 1.54) is 37.1 Å². The van der Waals surface area contributed by atoms with Gasteiger partial charge in [0.1, 0.15) is 17.2 Å². The number of ether oxygens (including phenoxy) is 1. The average Bonchev–Trinajstić information content (AvgIpc) is 3.85. The second-order valence-corrected chi connectivity index (χ2v) is 10.6. The smallest absolute Gasteiger partial charge is 0.432 e. The van der Waals surface area contributed by atoms with Crippen molar-refractivity contribution >= 4 is 33.8 Å². The molecule has 0 aliphatic heterocycles. The highest BCUT2D eigenvalue weighted by molar-refractivity contribution is 6.11. The van der Waals surface area contributed by atoms with Gasteiger partial charge in [-0.1, -0.05) is 36.4 Å². The quantitative estimate of drug-likeness (QED) is 0.107. The van der Waals surface area contributed by atoms with Crippen LogP contribution in [0.2, 0.25) is 0 Å². The molecule has 0 radical (unpaired) electrons. The van der Waals surface area contributed by atoms with E-state index in [2.05, 4.69) is 22.0 Å². The molecule has 7 nitrogen and oxygen atoms in total. The van der Waals surface area contributed by atoms with Gasteiger partial charge in [0.25, 0.3) is 5.91 Å². The average molecular weight is 598 g/mol. The molecule has 0 spiro atoms. The summed E-state index contributed by atoms with van der Waals surface area (Å²) in [5.41, 5.74) is 0.538. The van der Waals surface area contributed by atoms with E-state index in [1.54, 1.807) is 25.3 Å². The molecule has 1 amide bonds. The summed E-state index contributed by atoms with van der Waals surface area (Å²) < 4.78 is 45.1. The molecule has 1 unspecified atom stereocenters. The number of anilines is 2. The molecule has 5 rings (SSSR count). The number of allylic oxidation sites excluding steroid dienone is 1. The molecule has 1 aliphatic rings. The van der Waals surface area contributed by atoms with E-state index < -0.39 is 23.5 Å². The number of carbonyl (C=O) groups excluding carboxylic acids is 1. The zero-order chi connectivity index (χ0) is 31.3. The van der Waals surface area contributed by atoms with Crippen molar-refractivity contribution < 1.29 is 22.7 Å². The van der Waals surface area contributed by atoms with Crippen molar-refractivity contribution in [3.05, 3.63) is 113 Å². The first kappa shape index (κ1) is 30.3. The lowest BCUT2D eigenvalue weighted by atomic mass is 9.95. The van der Waals surface area contributed by atoms with Crippen molar-refractivity contribution in [2.45, 2.75) is 25.1 Å². The number of rotatable bonds is 11.